The van der Waals surface area contributed by atoms with Gasteiger partial charge in [-0.15, -0.1) is 0 Å². The Morgan fingerprint density at radius 1 is 1.60 bits per heavy atom. The van der Waals surface area contributed by atoms with Gasteiger partial charge in [0.2, 0.25) is 0 Å². The number of rotatable bonds is 5. The number of hydrogen-bond donors (Lipinski definition) is 0. The van der Waals surface area contributed by atoms with Gasteiger partial charge in [-0.3, -0.25) is 4.79 Å². The molecule has 1 aliphatic carbocycles. The third-order valence-electron chi connectivity index (χ3n) is 4.88. The third kappa shape index (κ3) is 2.14. The summed E-state index contributed by atoms with van der Waals surface area (Å²) in [5.41, 5.74) is -0.925. The molecule has 2 saturated heterocycles. The molecule has 0 bridgehead atoms. The molecule has 1 spiro atoms. The second-order valence-corrected chi connectivity index (χ2v) is 6.79. The van der Waals surface area contributed by atoms with E-state index < -0.39 is 11.7 Å². The lowest BCUT2D eigenvalue weighted by Crippen LogP contribution is -2.50. The molecule has 0 aromatic rings. The SMILES string of the molecule is [2H]C1=C[C@]2(CO2)[C@@H](C2(C)O[C@@H]2CCC(C)C)[C@H](OC)C1=O. The quantitative estimate of drug-likeness (QED) is 0.724. The van der Waals surface area contributed by atoms with Crippen molar-refractivity contribution in [2.24, 2.45) is 11.8 Å². The van der Waals surface area contributed by atoms with E-state index in [0.29, 0.717) is 12.5 Å². The Morgan fingerprint density at radius 2 is 2.30 bits per heavy atom. The number of carbonyl (C=O) groups is 1. The minimum atomic E-state index is -0.640. The van der Waals surface area contributed by atoms with Gasteiger partial charge in [0.05, 0.1) is 20.0 Å². The Bertz CT molecular complexity index is 483. The van der Waals surface area contributed by atoms with Crippen LogP contribution in [0.1, 0.15) is 35.0 Å². The summed E-state index contributed by atoms with van der Waals surface area (Å²) in [6.07, 6.45) is 3.26. The van der Waals surface area contributed by atoms with Crippen molar-refractivity contribution in [2.45, 2.75) is 57.0 Å². The van der Waals surface area contributed by atoms with Crippen LogP contribution in [0.25, 0.3) is 0 Å². The van der Waals surface area contributed by atoms with Crippen LogP contribution < -0.4 is 0 Å². The maximum atomic E-state index is 12.2. The summed E-state index contributed by atoms with van der Waals surface area (Å²) in [5.74, 6) is 0.215. The van der Waals surface area contributed by atoms with E-state index in [1.807, 2.05) is 6.92 Å². The molecule has 4 nitrogen and oxygen atoms in total. The Morgan fingerprint density at radius 3 is 2.85 bits per heavy atom. The molecule has 0 amide bonds. The van der Waals surface area contributed by atoms with Crippen LogP contribution in [0.2, 0.25) is 0 Å². The lowest BCUT2D eigenvalue weighted by molar-refractivity contribution is -0.132. The lowest BCUT2D eigenvalue weighted by Gasteiger charge is -2.34. The van der Waals surface area contributed by atoms with E-state index in [0.717, 1.165) is 12.8 Å². The van der Waals surface area contributed by atoms with Crippen LogP contribution in [0, 0.1) is 11.8 Å². The Labute approximate surface area is 121 Å². The van der Waals surface area contributed by atoms with Crippen LogP contribution in [0.4, 0.5) is 0 Å². The van der Waals surface area contributed by atoms with E-state index in [4.69, 9.17) is 15.6 Å². The van der Waals surface area contributed by atoms with Crippen molar-refractivity contribution >= 4 is 5.78 Å². The minimum Gasteiger partial charge on any atom is -0.373 e. The summed E-state index contributed by atoms with van der Waals surface area (Å²) in [6, 6.07) is -0.00131. The molecule has 0 N–H and O–H groups in total. The number of hydrogen-bond acceptors (Lipinski definition) is 4. The zero-order valence-corrected chi connectivity index (χ0v) is 12.6. The molecule has 4 heteroatoms. The number of ketones is 1. The summed E-state index contributed by atoms with van der Waals surface area (Å²) >= 11 is 0. The molecule has 3 rings (SSSR count). The maximum absolute atomic E-state index is 12.2. The van der Waals surface area contributed by atoms with Crippen molar-refractivity contribution in [3.63, 3.8) is 0 Å². The summed E-state index contributed by atoms with van der Waals surface area (Å²) in [7, 11) is 1.53. The first-order valence-electron chi connectivity index (χ1n) is 7.92. The van der Waals surface area contributed by atoms with Crippen LogP contribution in [-0.4, -0.2) is 42.9 Å². The Hall–Kier alpha value is -0.710. The van der Waals surface area contributed by atoms with E-state index in [-0.39, 0.29) is 29.5 Å². The molecular weight excluding hydrogens is 256 g/mol. The maximum Gasteiger partial charge on any atom is 0.184 e. The van der Waals surface area contributed by atoms with Gasteiger partial charge in [0.1, 0.15) is 17.3 Å². The second kappa shape index (κ2) is 4.65. The summed E-state index contributed by atoms with van der Waals surface area (Å²) < 4.78 is 24.9. The standard InChI is InChI=1S/C16H24O4/c1-10(2)5-6-12-15(3,20-12)14-13(18-4)11(17)7-8-16(14)9-19-16/h7-8,10,12-14H,5-6,9H2,1-4H3/t12-,13-,14-,15?,16+/m1/s1/i7D. The predicted octanol–water partition coefficient (Wildman–Crippen LogP) is 2.12. The van der Waals surface area contributed by atoms with Gasteiger partial charge >= 0.3 is 0 Å². The summed E-state index contributed by atoms with van der Waals surface area (Å²) in [4.78, 5) is 12.2. The molecule has 2 aliphatic heterocycles. The molecule has 5 atom stereocenters. The van der Waals surface area contributed by atoms with Crippen molar-refractivity contribution in [1.29, 1.82) is 0 Å². The van der Waals surface area contributed by atoms with Crippen LogP contribution >= 0.6 is 0 Å². The fourth-order valence-electron chi connectivity index (χ4n) is 3.52. The van der Waals surface area contributed by atoms with Crippen molar-refractivity contribution < 1.29 is 20.4 Å². The molecule has 2 fully saturated rings. The van der Waals surface area contributed by atoms with Crippen molar-refractivity contribution in [2.75, 3.05) is 13.7 Å². The average molecular weight is 281 g/mol. The van der Waals surface area contributed by atoms with Gasteiger partial charge in [-0.2, -0.15) is 0 Å². The molecule has 112 valence electrons. The van der Waals surface area contributed by atoms with Gasteiger partial charge in [-0.05, 0) is 37.8 Å². The number of epoxide rings is 2. The predicted molar refractivity (Wildman–Crippen MR) is 74.5 cm³/mol. The van der Waals surface area contributed by atoms with E-state index in [1.54, 1.807) is 6.08 Å². The number of methoxy groups -OCH3 is 1. The van der Waals surface area contributed by atoms with E-state index in [9.17, 15) is 4.79 Å². The normalized spacial score (nSPS) is 47.5. The van der Waals surface area contributed by atoms with Gasteiger partial charge in [0.25, 0.3) is 0 Å². The van der Waals surface area contributed by atoms with Gasteiger partial charge < -0.3 is 14.2 Å². The third-order valence-corrected chi connectivity index (χ3v) is 4.88. The molecule has 1 unspecified atom stereocenters. The molecule has 0 aromatic heterocycles. The molecule has 3 aliphatic rings. The van der Waals surface area contributed by atoms with Crippen molar-refractivity contribution in [3.8, 4) is 0 Å². The monoisotopic (exact) mass is 281 g/mol. The zero-order valence-electron chi connectivity index (χ0n) is 13.6. The van der Waals surface area contributed by atoms with Crippen molar-refractivity contribution in [3.05, 3.63) is 12.1 Å². The zero-order chi connectivity index (χ0) is 15.4. The summed E-state index contributed by atoms with van der Waals surface area (Å²) in [6.45, 7) is 6.99. The van der Waals surface area contributed by atoms with Crippen LogP contribution in [-0.2, 0) is 19.0 Å². The van der Waals surface area contributed by atoms with Crippen LogP contribution in [0.15, 0.2) is 12.1 Å². The Balaban J connectivity index is 1.82. The van der Waals surface area contributed by atoms with Gasteiger partial charge in [0, 0.05) is 7.11 Å². The van der Waals surface area contributed by atoms with Crippen molar-refractivity contribution in [1.82, 2.24) is 0 Å². The summed E-state index contributed by atoms with van der Waals surface area (Å²) in [5, 5.41) is 0. The smallest absolute Gasteiger partial charge is 0.184 e. The lowest BCUT2D eigenvalue weighted by atomic mass is 9.71. The average Bonchev–Trinajstić information content (AvgIpc) is 3.31. The largest absolute Gasteiger partial charge is 0.373 e. The molecule has 0 aromatic carbocycles. The van der Waals surface area contributed by atoms with Gasteiger partial charge in [-0.1, -0.05) is 13.8 Å². The number of ether oxygens (including phenoxy) is 3. The Kier molecular flexibility index (Phi) is 3.02. The molecule has 0 saturated carbocycles. The molecule has 0 radical (unpaired) electrons. The van der Waals surface area contributed by atoms with E-state index >= 15 is 0 Å². The number of carbonyl (C=O) groups excluding carboxylic acids is 1. The molecule has 20 heavy (non-hydrogen) atoms. The fourth-order valence-corrected chi connectivity index (χ4v) is 3.52. The van der Waals surface area contributed by atoms with E-state index in [1.165, 1.54) is 7.11 Å². The van der Waals surface area contributed by atoms with Crippen LogP contribution in [0.5, 0.6) is 0 Å². The van der Waals surface area contributed by atoms with Gasteiger partial charge in [-0.25, -0.2) is 0 Å². The highest BCUT2D eigenvalue weighted by molar-refractivity contribution is 5.95. The molecular formula is C16H24O4. The molecule has 2 heterocycles. The first-order valence-corrected chi connectivity index (χ1v) is 7.42. The first kappa shape index (κ1) is 13.0. The van der Waals surface area contributed by atoms with Crippen LogP contribution in [0.3, 0.4) is 0 Å². The minimum absolute atomic E-state index is 0.00131. The van der Waals surface area contributed by atoms with Gasteiger partial charge in [0.15, 0.2) is 5.78 Å². The highest BCUT2D eigenvalue weighted by atomic mass is 16.6. The fraction of sp³-hybridized carbons (Fsp3) is 0.812. The van der Waals surface area contributed by atoms with E-state index in [2.05, 4.69) is 13.8 Å². The topological polar surface area (TPSA) is 51.4 Å². The highest BCUT2D eigenvalue weighted by Crippen LogP contribution is 2.57. The highest BCUT2D eigenvalue weighted by Gasteiger charge is 2.70. The second-order valence-electron chi connectivity index (χ2n) is 6.79. The first-order chi connectivity index (χ1) is 9.84.